The topological polar surface area (TPSA) is 0 Å². The highest BCUT2D eigenvalue weighted by molar-refractivity contribution is 5.10. The summed E-state index contributed by atoms with van der Waals surface area (Å²) in [6, 6.07) is 0. The first-order chi connectivity index (χ1) is 9.51. The number of hydrogen-bond acceptors (Lipinski definition) is 0. The van der Waals surface area contributed by atoms with Gasteiger partial charge >= 0.3 is 0 Å². The first-order valence-corrected chi connectivity index (χ1v) is 7.14. The van der Waals surface area contributed by atoms with Crippen molar-refractivity contribution in [2.45, 2.75) is 47.5 Å². The monoisotopic (exact) mass is 276 g/mol. The lowest BCUT2D eigenvalue weighted by molar-refractivity contribution is 0.658. The van der Waals surface area contributed by atoms with Gasteiger partial charge in [0.15, 0.2) is 0 Å². The molecule has 0 aromatic rings. The van der Waals surface area contributed by atoms with E-state index in [1.54, 1.807) is 0 Å². The second-order valence-corrected chi connectivity index (χ2v) is 3.92. The van der Waals surface area contributed by atoms with E-state index in [0.29, 0.717) is 5.92 Å². The summed E-state index contributed by atoms with van der Waals surface area (Å²) in [6.07, 6.45) is 9.80. The van der Waals surface area contributed by atoms with Crippen LogP contribution in [-0.4, -0.2) is 0 Å². The molecule has 0 aliphatic heterocycles. The maximum atomic E-state index is 3.84. The molecule has 0 bridgehead atoms. The summed E-state index contributed by atoms with van der Waals surface area (Å²) < 4.78 is 0. The van der Waals surface area contributed by atoms with Crippen molar-refractivity contribution in [2.24, 2.45) is 5.92 Å². The maximum absolute atomic E-state index is 3.84. The Morgan fingerprint density at radius 2 is 1.50 bits per heavy atom. The van der Waals surface area contributed by atoms with Crippen molar-refractivity contribution in [1.82, 2.24) is 0 Å². The van der Waals surface area contributed by atoms with Crippen LogP contribution in [0, 0.1) is 5.92 Å². The zero-order valence-electron chi connectivity index (χ0n) is 14.5. The molecular weight excluding hydrogens is 240 g/mol. The Bertz CT molecular complexity index is 266. The summed E-state index contributed by atoms with van der Waals surface area (Å²) in [4.78, 5) is 0. The number of rotatable bonds is 6. The number of hydrogen-bond donors (Lipinski definition) is 0. The van der Waals surface area contributed by atoms with E-state index in [1.807, 2.05) is 58.9 Å². The maximum Gasteiger partial charge on any atom is -0.0165 e. The van der Waals surface area contributed by atoms with Gasteiger partial charge in [-0.25, -0.2) is 0 Å². The fraction of sp³-hybridized carbons (Fsp3) is 0.400. The fourth-order valence-corrected chi connectivity index (χ4v) is 1.04. The Morgan fingerprint density at radius 3 is 1.65 bits per heavy atom. The molecule has 116 valence electrons. The van der Waals surface area contributed by atoms with Crippen molar-refractivity contribution in [3.8, 4) is 0 Å². The minimum Gasteiger partial charge on any atom is -0.106 e. The largest absolute Gasteiger partial charge is 0.106 e. The van der Waals surface area contributed by atoms with Crippen LogP contribution in [0.2, 0.25) is 0 Å². The molecule has 0 aliphatic carbocycles. The second kappa shape index (κ2) is 26.1. The molecule has 0 saturated carbocycles. The van der Waals surface area contributed by atoms with Crippen LogP contribution < -0.4 is 0 Å². The zero-order valence-corrected chi connectivity index (χ0v) is 14.5. The normalized spacial score (nSPS) is 9.95. The van der Waals surface area contributed by atoms with Crippen LogP contribution in [0.15, 0.2) is 74.9 Å². The average molecular weight is 277 g/mol. The van der Waals surface area contributed by atoms with Crippen molar-refractivity contribution >= 4 is 0 Å². The van der Waals surface area contributed by atoms with E-state index >= 15 is 0 Å². The quantitative estimate of drug-likeness (QED) is 0.353. The van der Waals surface area contributed by atoms with E-state index in [0.717, 1.165) is 12.8 Å². The second-order valence-electron chi connectivity index (χ2n) is 3.92. The average Bonchev–Trinajstić information content (AvgIpc) is 2.50. The molecule has 0 radical (unpaired) electrons. The molecule has 0 nitrogen and oxygen atoms in total. The van der Waals surface area contributed by atoms with Gasteiger partial charge in [0.1, 0.15) is 0 Å². The summed E-state index contributed by atoms with van der Waals surface area (Å²) in [5.41, 5.74) is 2.45. The first kappa shape index (κ1) is 26.9. The molecule has 1 unspecified atom stereocenters. The molecule has 0 heterocycles. The van der Waals surface area contributed by atoms with E-state index in [-0.39, 0.29) is 0 Å². The van der Waals surface area contributed by atoms with Crippen molar-refractivity contribution in [3.05, 3.63) is 74.9 Å². The van der Waals surface area contributed by atoms with Gasteiger partial charge in [-0.15, -0.1) is 32.9 Å². The Labute approximate surface area is 129 Å². The third kappa shape index (κ3) is 29.9. The minimum absolute atomic E-state index is 0.537. The smallest absolute Gasteiger partial charge is 0.0165 e. The van der Waals surface area contributed by atoms with Crippen LogP contribution >= 0.6 is 0 Å². The van der Waals surface area contributed by atoms with E-state index in [4.69, 9.17) is 0 Å². The van der Waals surface area contributed by atoms with E-state index in [2.05, 4.69) is 39.5 Å². The summed E-state index contributed by atoms with van der Waals surface area (Å²) >= 11 is 0. The third-order valence-corrected chi connectivity index (χ3v) is 2.19. The number of allylic oxidation sites excluding steroid dienone is 6. The van der Waals surface area contributed by atoms with Gasteiger partial charge < -0.3 is 0 Å². The van der Waals surface area contributed by atoms with Crippen LogP contribution in [0.5, 0.6) is 0 Å². The van der Waals surface area contributed by atoms with Crippen molar-refractivity contribution in [1.29, 1.82) is 0 Å². The van der Waals surface area contributed by atoms with Gasteiger partial charge in [0.2, 0.25) is 0 Å². The Balaban J connectivity index is -0.000000109. The Morgan fingerprint density at radius 1 is 1.05 bits per heavy atom. The molecule has 0 aromatic carbocycles. The molecule has 0 aliphatic rings. The van der Waals surface area contributed by atoms with Gasteiger partial charge in [-0.3, -0.25) is 0 Å². The molecular formula is C20H36. The summed E-state index contributed by atoms with van der Waals surface area (Å²) in [5.74, 6) is 0.537. The molecule has 0 amide bonds. The first-order valence-electron chi connectivity index (χ1n) is 7.14. The lowest BCUT2D eigenvalue weighted by Crippen LogP contribution is -1.93. The SMILES string of the molecule is C=C.C=C/C(C)=C\C.C=CCC(C=C)CC(=C)C.CC. The highest BCUT2D eigenvalue weighted by Crippen LogP contribution is 2.14. The van der Waals surface area contributed by atoms with E-state index in [9.17, 15) is 0 Å². The predicted octanol–water partition coefficient (Wildman–Crippen LogP) is 7.30. The molecule has 0 fully saturated rings. The van der Waals surface area contributed by atoms with Gasteiger partial charge in [0.25, 0.3) is 0 Å². The van der Waals surface area contributed by atoms with Crippen LogP contribution in [0.25, 0.3) is 0 Å². The van der Waals surface area contributed by atoms with Gasteiger partial charge in [-0.2, -0.15) is 0 Å². The zero-order chi connectivity index (χ0) is 17.0. The Hall–Kier alpha value is -1.56. The molecule has 0 rings (SSSR count). The summed E-state index contributed by atoms with van der Waals surface area (Å²) in [6.45, 7) is 30.9. The van der Waals surface area contributed by atoms with Gasteiger partial charge in [-0.05, 0) is 39.5 Å². The predicted molar refractivity (Wildman–Crippen MR) is 100 cm³/mol. The van der Waals surface area contributed by atoms with Crippen LogP contribution in [0.3, 0.4) is 0 Å². The lowest BCUT2D eigenvalue weighted by Gasteiger charge is -2.07. The van der Waals surface area contributed by atoms with Crippen molar-refractivity contribution < 1.29 is 0 Å². The van der Waals surface area contributed by atoms with E-state index in [1.165, 1.54) is 11.1 Å². The van der Waals surface area contributed by atoms with Gasteiger partial charge in [0.05, 0.1) is 0 Å². The lowest BCUT2D eigenvalue weighted by atomic mass is 9.98. The molecule has 1 atom stereocenters. The molecule has 0 saturated heterocycles. The minimum atomic E-state index is 0.537. The molecule has 0 heteroatoms. The molecule has 0 spiro atoms. The van der Waals surface area contributed by atoms with Gasteiger partial charge in [0, 0.05) is 0 Å². The third-order valence-electron chi connectivity index (χ3n) is 2.19. The highest BCUT2D eigenvalue weighted by Gasteiger charge is 2.00. The van der Waals surface area contributed by atoms with Crippen molar-refractivity contribution in [3.63, 3.8) is 0 Å². The highest BCUT2D eigenvalue weighted by atomic mass is 14.0. The van der Waals surface area contributed by atoms with Gasteiger partial charge in [-0.1, -0.05) is 55.9 Å². The van der Waals surface area contributed by atoms with Crippen LogP contribution in [0.4, 0.5) is 0 Å². The van der Waals surface area contributed by atoms with Crippen LogP contribution in [0.1, 0.15) is 47.5 Å². The summed E-state index contributed by atoms with van der Waals surface area (Å²) in [7, 11) is 0. The summed E-state index contributed by atoms with van der Waals surface area (Å²) in [5, 5.41) is 0. The Kier molecular flexibility index (Phi) is 35.1. The fourth-order valence-electron chi connectivity index (χ4n) is 1.04. The standard InChI is InChI=1S/C10H16.C6H10.C2H6.C2H4/c1-5-7-10(6-2)8-9(3)4;1-4-6(3)5-2;2*1-2/h5-6,10H,1-3,7-8H2,4H3;4-5H,1H2,2-3H3;1-2H3;1-2H2/b;6-5-;;. The molecule has 20 heavy (non-hydrogen) atoms. The van der Waals surface area contributed by atoms with Crippen molar-refractivity contribution in [2.75, 3.05) is 0 Å². The molecule has 0 aromatic heterocycles. The van der Waals surface area contributed by atoms with E-state index < -0.39 is 0 Å². The van der Waals surface area contributed by atoms with Crippen LogP contribution in [-0.2, 0) is 0 Å². The molecule has 0 N–H and O–H groups in total.